The van der Waals surface area contributed by atoms with Gasteiger partial charge in [-0.15, -0.1) is 0 Å². The monoisotopic (exact) mass is 294 g/mol. The number of nitrogens with one attached hydrogen (secondary N) is 2. The van der Waals surface area contributed by atoms with Crippen LogP contribution in [-0.4, -0.2) is 23.7 Å². The van der Waals surface area contributed by atoms with E-state index in [4.69, 9.17) is 4.74 Å². The highest BCUT2D eigenvalue weighted by Gasteiger charge is 2.27. The van der Waals surface area contributed by atoms with Crippen LogP contribution in [0.5, 0.6) is 11.5 Å². The van der Waals surface area contributed by atoms with E-state index in [1.165, 1.54) is 5.56 Å². The Kier molecular flexibility index (Phi) is 3.05. The lowest BCUT2D eigenvalue weighted by Gasteiger charge is -2.26. The number of para-hydroxylation sites is 1. The zero-order chi connectivity index (χ0) is 15.1. The Morgan fingerprint density at radius 3 is 2.91 bits per heavy atom. The quantitative estimate of drug-likeness (QED) is 0.680. The summed E-state index contributed by atoms with van der Waals surface area (Å²) < 4.78 is 5.51. The molecule has 1 aromatic heterocycles. The molecule has 4 nitrogen and oxygen atoms in total. The minimum atomic E-state index is 0.0782. The molecule has 0 radical (unpaired) electrons. The van der Waals surface area contributed by atoms with Gasteiger partial charge in [-0.3, -0.25) is 0 Å². The van der Waals surface area contributed by atoms with E-state index in [1.54, 1.807) is 13.2 Å². The number of hydrogen-bond donors (Lipinski definition) is 3. The molecule has 1 aliphatic heterocycles. The molecule has 1 atom stereocenters. The molecule has 0 fully saturated rings. The number of aromatic nitrogens is 1. The number of phenols is 1. The van der Waals surface area contributed by atoms with Crippen LogP contribution in [0.1, 0.15) is 22.9 Å². The van der Waals surface area contributed by atoms with E-state index in [0.717, 1.165) is 40.9 Å². The van der Waals surface area contributed by atoms with E-state index < -0.39 is 0 Å². The van der Waals surface area contributed by atoms with Gasteiger partial charge in [0, 0.05) is 28.7 Å². The van der Waals surface area contributed by atoms with Crippen molar-refractivity contribution in [1.82, 2.24) is 10.3 Å². The van der Waals surface area contributed by atoms with Crippen LogP contribution in [0.25, 0.3) is 10.9 Å². The molecule has 2 heterocycles. The average Bonchev–Trinajstić information content (AvgIpc) is 2.93. The Labute approximate surface area is 128 Å². The molecule has 1 unspecified atom stereocenters. The SMILES string of the molecule is COc1ccccc1C1NCCc2c1[nH]c1ccc(O)cc21. The number of phenolic OH excluding ortho intramolecular Hbond substituents is 1. The first kappa shape index (κ1) is 13.2. The lowest BCUT2D eigenvalue weighted by molar-refractivity contribution is 0.402. The molecule has 0 amide bonds. The van der Waals surface area contributed by atoms with Gasteiger partial charge in [0.2, 0.25) is 0 Å². The number of fused-ring (bicyclic) bond motifs is 3. The second kappa shape index (κ2) is 5.07. The van der Waals surface area contributed by atoms with Gasteiger partial charge in [0.15, 0.2) is 0 Å². The second-order valence-corrected chi connectivity index (χ2v) is 5.63. The summed E-state index contributed by atoms with van der Waals surface area (Å²) >= 11 is 0. The summed E-state index contributed by atoms with van der Waals surface area (Å²) in [7, 11) is 1.70. The Balaban J connectivity index is 1.90. The van der Waals surface area contributed by atoms with Crippen LogP contribution in [0, 0.1) is 0 Å². The maximum absolute atomic E-state index is 9.77. The first-order valence-electron chi connectivity index (χ1n) is 7.47. The molecule has 0 saturated heterocycles. The molecule has 2 aromatic carbocycles. The smallest absolute Gasteiger partial charge is 0.124 e. The van der Waals surface area contributed by atoms with Gasteiger partial charge in [0.25, 0.3) is 0 Å². The van der Waals surface area contributed by atoms with E-state index in [2.05, 4.69) is 16.4 Å². The van der Waals surface area contributed by atoms with Crippen molar-refractivity contribution in [1.29, 1.82) is 0 Å². The number of ether oxygens (including phenoxy) is 1. The van der Waals surface area contributed by atoms with E-state index in [0.29, 0.717) is 5.75 Å². The van der Waals surface area contributed by atoms with Crippen molar-refractivity contribution in [2.45, 2.75) is 12.5 Å². The normalized spacial score (nSPS) is 17.4. The van der Waals surface area contributed by atoms with Crippen molar-refractivity contribution < 1.29 is 9.84 Å². The summed E-state index contributed by atoms with van der Waals surface area (Å²) in [6.45, 7) is 0.901. The first-order chi connectivity index (χ1) is 10.8. The van der Waals surface area contributed by atoms with Crippen molar-refractivity contribution in [3.05, 3.63) is 59.3 Å². The van der Waals surface area contributed by atoms with Crippen molar-refractivity contribution in [3.63, 3.8) is 0 Å². The Hall–Kier alpha value is -2.46. The maximum atomic E-state index is 9.77. The zero-order valence-corrected chi connectivity index (χ0v) is 12.4. The van der Waals surface area contributed by atoms with Crippen LogP contribution in [0.2, 0.25) is 0 Å². The van der Waals surface area contributed by atoms with Gasteiger partial charge in [-0.05, 0) is 36.2 Å². The van der Waals surface area contributed by atoms with Gasteiger partial charge in [0.05, 0.1) is 13.2 Å². The number of methoxy groups -OCH3 is 1. The van der Waals surface area contributed by atoms with Gasteiger partial charge < -0.3 is 20.1 Å². The predicted octanol–water partition coefficient (Wildman–Crippen LogP) is 3.12. The van der Waals surface area contributed by atoms with Gasteiger partial charge in [-0.1, -0.05) is 18.2 Å². The van der Waals surface area contributed by atoms with E-state index in [1.807, 2.05) is 30.3 Å². The molecule has 0 bridgehead atoms. The van der Waals surface area contributed by atoms with Crippen molar-refractivity contribution in [2.24, 2.45) is 0 Å². The Morgan fingerprint density at radius 1 is 1.18 bits per heavy atom. The third-order valence-electron chi connectivity index (χ3n) is 4.38. The lowest BCUT2D eigenvalue weighted by Crippen LogP contribution is -2.30. The molecule has 0 aliphatic carbocycles. The van der Waals surface area contributed by atoms with Gasteiger partial charge >= 0.3 is 0 Å². The van der Waals surface area contributed by atoms with E-state index in [9.17, 15) is 5.11 Å². The van der Waals surface area contributed by atoms with Crippen LogP contribution < -0.4 is 10.1 Å². The van der Waals surface area contributed by atoms with Crippen LogP contribution in [-0.2, 0) is 6.42 Å². The lowest BCUT2D eigenvalue weighted by atomic mass is 9.94. The molecule has 1 aliphatic rings. The molecule has 3 aromatic rings. The minimum absolute atomic E-state index is 0.0782. The summed E-state index contributed by atoms with van der Waals surface area (Å²) in [6.07, 6.45) is 0.949. The highest BCUT2D eigenvalue weighted by molar-refractivity contribution is 5.86. The molecular formula is C18H18N2O2. The topological polar surface area (TPSA) is 57.3 Å². The number of aromatic hydroxyl groups is 1. The summed E-state index contributed by atoms with van der Waals surface area (Å²) in [4.78, 5) is 3.51. The fraction of sp³-hybridized carbons (Fsp3) is 0.222. The predicted molar refractivity (Wildman–Crippen MR) is 86.5 cm³/mol. The van der Waals surface area contributed by atoms with Gasteiger partial charge in [0.1, 0.15) is 11.5 Å². The summed E-state index contributed by atoms with van der Waals surface area (Å²) in [6, 6.07) is 13.7. The summed E-state index contributed by atoms with van der Waals surface area (Å²) in [5.74, 6) is 1.19. The van der Waals surface area contributed by atoms with Gasteiger partial charge in [-0.2, -0.15) is 0 Å². The minimum Gasteiger partial charge on any atom is -0.508 e. The van der Waals surface area contributed by atoms with E-state index >= 15 is 0 Å². The number of rotatable bonds is 2. The van der Waals surface area contributed by atoms with Crippen molar-refractivity contribution >= 4 is 10.9 Å². The number of hydrogen-bond acceptors (Lipinski definition) is 3. The fourth-order valence-corrected chi connectivity index (χ4v) is 3.39. The fourth-order valence-electron chi connectivity index (χ4n) is 3.39. The molecule has 112 valence electrons. The summed E-state index contributed by atoms with van der Waals surface area (Å²) in [5.41, 5.74) is 4.63. The number of benzene rings is 2. The van der Waals surface area contributed by atoms with Crippen LogP contribution in [0.15, 0.2) is 42.5 Å². The van der Waals surface area contributed by atoms with Crippen LogP contribution in [0.4, 0.5) is 0 Å². The molecule has 22 heavy (non-hydrogen) atoms. The first-order valence-corrected chi connectivity index (χ1v) is 7.47. The Morgan fingerprint density at radius 2 is 2.05 bits per heavy atom. The number of aromatic amines is 1. The Bertz CT molecular complexity index is 838. The van der Waals surface area contributed by atoms with Crippen molar-refractivity contribution in [3.8, 4) is 11.5 Å². The maximum Gasteiger partial charge on any atom is 0.124 e. The van der Waals surface area contributed by atoms with Gasteiger partial charge in [-0.25, -0.2) is 0 Å². The molecular weight excluding hydrogens is 276 g/mol. The molecule has 4 heteroatoms. The largest absolute Gasteiger partial charge is 0.508 e. The highest BCUT2D eigenvalue weighted by Crippen LogP contribution is 2.37. The highest BCUT2D eigenvalue weighted by atomic mass is 16.5. The average molecular weight is 294 g/mol. The molecule has 0 saturated carbocycles. The molecule has 0 spiro atoms. The third kappa shape index (κ3) is 1.96. The standard InChI is InChI=1S/C18H18N2O2/c1-22-16-5-3-2-4-13(16)17-18-12(8-9-19-17)14-10-11(21)6-7-15(14)20-18/h2-7,10,17,19-21H,8-9H2,1H3. The number of H-pyrrole nitrogens is 1. The third-order valence-corrected chi connectivity index (χ3v) is 4.38. The zero-order valence-electron chi connectivity index (χ0n) is 12.4. The molecule has 3 N–H and O–H groups in total. The van der Waals surface area contributed by atoms with Crippen LogP contribution in [0.3, 0.4) is 0 Å². The molecule has 4 rings (SSSR count). The second-order valence-electron chi connectivity index (χ2n) is 5.63. The van der Waals surface area contributed by atoms with Crippen molar-refractivity contribution in [2.75, 3.05) is 13.7 Å². The van der Waals surface area contributed by atoms with Crippen LogP contribution >= 0.6 is 0 Å². The van der Waals surface area contributed by atoms with E-state index in [-0.39, 0.29) is 6.04 Å². The summed E-state index contributed by atoms with van der Waals surface area (Å²) in [5, 5.41) is 14.4.